The van der Waals surface area contributed by atoms with Crippen LogP contribution in [0.3, 0.4) is 0 Å². The van der Waals surface area contributed by atoms with Gasteiger partial charge in [0.25, 0.3) is 0 Å². The van der Waals surface area contributed by atoms with E-state index in [4.69, 9.17) is 0 Å². The molecule has 25 heteroatoms. The number of alkyl halides is 18. The third-order valence-corrected chi connectivity index (χ3v) is 2.34. The summed E-state index contributed by atoms with van der Waals surface area (Å²) >= 11 is 0. The number of carbonyl (C=O) groups is 2. The van der Waals surface area contributed by atoms with Crippen molar-refractivity contribution < 1.29 is 112 Å². The number of halogens is 18. The summed E-state index contributed by atoms with van der Waals surface area (Å²) in [4.78, 5) is 21.4. The molecule has 208 valence electrons. The van der Waals surface area contributed by atoms with Gasteiger partial charge in [-0.1, -0.05) is 0 Å². The largest absolute Gasteiger partial charge is 0.527 e. The Hall–Kier alpha value is -2.28. The fourth-order valence-corrected chi connectivity index (χ4v) is 1.14. The van der Waals surface area contributed by atoms with E-state index in [1.165, 1.54) is 9.47 Å². The Morgan fingerprint density at radius 2 is 0.571 bits per heavy atom. The number of hydrogen-bond donors (Lipinski definition) is 0. The summed E-state index contributed by atoms with van der Waals surface area (Å²) in [6.45, 7) is 0. The maximum Gasteiger partial charge on any atom is 0.527 e. The molecule has 0 radical (unpaired) electrons. The molecular formula is C10F18O7. The number of hydrogen-bond acceptors (Lipinski definition) is 7. The van der Waals surface area contributed by atoms with E-state index in [2.05, 4.69) is 4.74 Å². The molecule has 0 amide bonds. The Morgan fingerprint density at radius 3 is 0.771 bits per heavy atom. The summed E-state index contributed by atoms with van der Waals surface area (Å²) < 4.78 is 232. The summed E-state index contributed by atoms with van der Waals surface area (Å²) in [5, 5.41) is 0. The molecule has 0 saturated heterocycles. The van der Waals surface area contributed by atoms with Crippen molar-refractivity contribution in [1.82, 2.24) is 0 Å². The van der Waals surface area contributed by atoms with Crippen LogP contribution in [0.15, 0.2) is 0 Å². The minimum Gasteiger partial charge on any atom is -0.380 e. The first-order valence-electron chi connectivity index (χ1n) is 6.85. The third kappa shape index (κ3) is 9.02. The van der Waals surface area contributed by atoms with Crippen molar-refractivity contribution in [3.05, 3.63) is 0 Å². The first-order valence-corrected chi connectivity index (χ1v) is 6.85. The van der Waals surface area contributed by atoms with E-state index in [0.29, 0.717) is 0 Å². The van der Waals surface area contributed by atoms with E-state index in [9.17, 15) is 88.6 Å². The molecule has 0 aliphatic rings. The van der Waals surface area contributed by atoms with Crippen LogP contribution in [0.25, 0.3) is 0 Å². The maximum absolute atomic E-state index is 13.0. The Kier molecular flexibility index (Phi) is 8.70. The van der Waals surface area contributed by atoms with Crippen LogP contribution >= 0.6 is 0 Å². The van der Waals surface area contributed by atoms with Crippen molar-refractivity contribution in [1.29, 1.82) is 0 Å². The highest BCUT2D eigenvalue weighted by Crippen LogP contribution is 2.45. The summed E-state index contributed by atoms with van der Waals surface area (Å²) in [6.07, 6.45) is -55.6. The summed E-state index contributed by atoms with van der Waals surface area (Å²) in [7, 11) is 0. The molecule has 0 aromatic carbocycles. The Bertz CT molecular complexity index is 719. The highest BCUT2D eigenvalue weighted by molar-refractivity contribution is 5.91. The third-order valence-electron chi connectivity index (χ3n) is 2.34. The van der Waals surface area contributed by atoms with Gasteiger partial charge in [-0.3, -0.25) is 0 Å². The van der Waals surface area contributed by atoms with Crippen LogP contribution < -0.4 is 0 Å². The fraction of sp³-hybridized carbons (Fsp3) is 0.800. The van der Waals surface area contributed by atoms with Gasteiger partial charge in [0, 0.05) is 0 Å². The molecule has 0 rings (SSSR count). The monoisotopic (exact) mass is 574 g/mol. The van der Waals surface area contributed by atoms with Crippen molar-refractivity contribution in [2.24, 2.45) is 0 Å². The molecule has 0 N–H and O–H groups in total. The maximum atomic E-state index is 13.0. The van der Waals surface area contributed by atoms with Crippen LogP contribution in [0.5, 0.6) is 0 Å². The predicted molar refractivity (Wildman–Crippen MR) is 57.2 cm³/mol. The van der Waals surface area contributed by atoms with E-state index in [1.807, 2.05) is 0 Å². The van der Waals surface area contributed by atoms with E-state index >= 15 is 0 Å². The lowest BCUT2D eigenvalue weighted by atomic mass is 10.5. The Morgan fingerprint density at radius 1 is 0.371 bits per heavy atom. The topological polar surface area (TPSA) is 80.3 Å². The summed E-state index contributed by atoms with van der Waals surface area (Å²) in [5.41, 5.74) is 0. The molecule has 0 aliphatic heterocycles. The van der Waals surface area contributed by atoms with Crippen LogP contribution in [-0.2, 0) is 33.3 Å². The van der Waals surface area contributed by atoms with Gasteiger partial charge in [-0.25, -0.2) is 28.5 Å². The molecule has 0 bridgehead atoms. The average molecular weight is 574 g/mol. The minimum absolute atomic E-state index is 1.43. The minimum atomic E-state index is -7.20. The van der Waals surface area contributed by atoms with Gasteiger partial charge in [-0.05, 0) is 0 Å². The number of carbonyl (C=O) groups excluding carboxylic acids is 2. The van der Waals surface area contributed by atoms with Gasteiger partial charge in [0.2, 0.25) is 0 Å². The molecule has 0 atom stereocenters. The van der Waals surface area contributed by atoms with Gasteiger partial charge in [-0.2, -0.15) is 52.7 Å². The average Bonchev–Trinajstić information content (AvgIpc) is 2.47. The molecule has 0 unspecified atom stereocenters. The number of ether oxygens (including phenoxy) is 5. The SMILES string of the molecule is O=C(OC(=O)C(F)(F)OC(F)(F)C(F)(F)OC(F)(F)F)C(F)(F)OC(F)(F)C(F)(F)OC(F)(F)F. The lowest BCUT2D eigenvalue weighted by Crippen LogP contribution is -2.55. The summed E-state index contributed by atoms with van der Waals surface area (Å²) in [5.74, 6) is -8.65. The van der Waals surface area contributed by atoms with Crippen molar-refractivity contribution in [3.63, 3.8) is 0 Å². The zero-order valence-corrected chi connectivity index (χ0v) is 14.7. The van der Waals surface area contributed by atoms with Gasteiger partial charge in [0.1, 0.15) is 0 Å². The lowest BCUT2D eigenvalue weighted by molar-refractivity contribution is -0.526. The molecule has 0 saturated carbocycles. The van der Waals surface area contributed by atoms with Crippen molar-refractivity contribution in [2.45, 2.75) is 49.4 Å². The zero-order valence-electron chi connectivity index (χ0n) is 14.7. The second kappa shape index (κ2) is 9.30. The van der Waals surface area contributed by atoms with Crippen molar-refractivity contribution in [3.8, 4) is 0 Å². The van der Waals surface area contributed by atoms with Gasteiger partial charge in [0.05, 0.1) is 0 Å². The molecule has 0 aromatic heterocycles. The molecule has 7 nitrogen and oxygen atoms in total. The van der Waals surface area contributed by atoms with Crippen LogP contribution in [0.4, 0.5) is 79.0 Å². The van der Waals surface area contributed by atoms with Crippen molar-refractivity contribution >= 4 is 11.9 Å². The van der Waals surface area contributed by atoms with Crippen LogP contribution in [-0.4, -0.2) is 61.3 Å². The van der Waals surface area contributed by atoms with Gasteiger partial charge >= 0.3 is 61.3 Å². The highest BCUT2D eigenvalue weighted by Gasteiger charge is 2.71. The molecule has 0 aromatic rings. The first-order chi connectivity index (χ1) is 14.9. The van der Waals surface area contributed by atoms with Gasteiger partial charge in [-0.15, -0.1) is 26.3 Å². The second-order valence-electron chi connectivity index (χ2n) is 5.08. The standard InChI is InChI=1S/C10F18O7/c11-3(12,32-5(15,16)7(19,20)34-9(23,24)25)1(29)31-2(30)4(13,14)33-6(17,18)8(21,22)35-10(26,27)28. The first kappa shape index (κ1) is 32.7. The van der Waals surface area contributed by atoms with Crippen molar-refractivity contribution in [2.75, 3.05) is 0 Å². The predicted octanol–water partition coefficient (Wildman–Crippen LogP) is 4.72. The number of esters is 2. The molecule has 0 aliphatic carbocycles. The lowest BCUT2D eigenvalue weighted by Gasteiger charge is -2.29. The molecule has 0 fully saturated rings. The van der Waals surface area contributed by atoms with E-state index in [0.717, 1.165) is 0 Å². The van der Waals surface area contributed by atoms with E-state index in [1.54, 1.807) is 9.47 Å². The quantitative estimate of drug-likeness (QED) is 0.213. The molecular weight excluding hydrogens is 574 g/mol. The van der Waals surface area contributed by atoms with Gasteiger partial charge in [0.15, 0.2) is 0 Å². The zero-order chi connectivity index (χ0) is 28.7. The molecule has 35 heavy (non-hydrogen) atoms. The highest BCUT2D eigenvalue weighted by atomic mass is 19.4. The summed E-state index contributed by atoms with van der Waals surface area (Å²) in [6, 6.07) is 0. The van der Waals surface area contributed by atoms with Crippen LogP contribution in [0.2, 0.25) is 0 Å². The smallest absolute Gasteiger partial charge is 0.380 e. The van der Waals surface area contributed by atoms with Gasteiger partial charge < -0.3 is 4.74 Å². The second-order valence-corrected chi connectivity index (χ2v) is 5.08. The number of rotatable bonds is 10. The fourth-order valence-electron chi connectivity index (χ4n) is 1.14. The van der Waals surface area contributed by atoms with Crippen LogP contribution in [0.1, 0.15) is 0 Å². The Labute approximate surface area is 175 Å². The van der Waals surface area contributed by atoms with E-state index < -0.39 is 61.3 Å². The van der Waals surface area contributed by atoms with Crippen LogP contribution in [0, 0.1) is 0 Å². The Balaban J connectivity index is 5.60. The van der Waals surface area contributed by atoms with E-state index in [-0.39, 0.29) is 0 Å². The normalized spacial score (nSPS) is 15.3. The molecule has 0 spiro atoms. The molecule has 0 heterocycles.